The van der Waals surface area contributed by atoms with Crippen LogP contribution in [0.2, 0.25) is 5.02 Å². The first-order valence-corrected chi connectivity index (χ1v) is 15.0. The zero-order valence-electron chi connectivity index (χ0n) is 24.9. The van der Waals surface area contributed by atoms with E-state index in [2.05, 4.69) is 38.8 Å². The number of esters is 1. The molecule has 0 bridgehead atoms. The van der Waals surface area contributed by atoms with Crippen LogP contribution < -0.4 is 9.64 Å². The van der Waals surface area contributed by atoms with Crippen molar-refractivity contribution in [1.29, 1.82) is 0 Å². The smallest absolute Gasteiger partial charge is 0.341 e. The van der Waals surface area contributed by atoms with Gasteiger partial charge in [-0.15, -0.1) is 0 Å². The molecule has 2 aromatic heterocycles. The maximum atomic E-state index is 12.6. The molecular formula is C34H37ClN4O4. The van der Waals surface area contributed by atoms with Crippen LogP contribution in [0.3, 0.4) is 0 Å². The van der Waals surface area contributed by atoms with Gasteiger partial charge in [-0.1, -0.05) is 23.7 Å². The molecular weight excluding hydrogens is 564 g/mol. The number of aromatic amines is 1. The summed E-state index contributed by atoms with van der Waals surface area (Å²) in [5.74, 6) is 0.559. The number of pyridine rings is 1. The van der Waals surface area contributed by atoms with E-state index in [4.69, 9.17) is 25.8 Å². The molecule has 1 saturated heterocycles. The lowest BCUT2D eigenvalue weighted by Gasteiger charge is -2.40. The van der Waals surface area contributed by atoms with E-state index in [-0.39, 0.29) is 5.60 Å². The molecule has 2 aromatic carbocycles. The van der Waals surface area contributed by atoms with Crippen LogP contribution in [0.1, 0.15) is 42.1 Å². The Labute approximate surface area is 257 Å². The molecule has 2 aliphatic rings. The fourth-order valence-corrected chi connectivity index (χ4v) is 6.27. The summed E-state index contributed by atoms with van der Waals surface area (Å²) in [6.07, 6.45) is 6.39. The van der Waals surface area contributed by atoms with Crippen LogP contribution >= 0.6 is 11.6 Å². The molecule has 1 unspecified atom stereocenters. The third-order valence-electron chi connectivity index (χ3n) is 8.73. The number of nitrogens with one attached hydrogen (secondary N) is 1. The first-order chi connectivity index (χ1) is 20.8. The lowest BCUT2D eigenvalue weighted by atomic mass is 9.79. The highest BCUT2D eigenvalue weighted by atomic mass is 35.5. The molecule has 1 N–H and O–H groups in total. The van der Waals surface area contributed by atoms with Crippen molar-refractivity contribution in [2.24, 2.45) is 0 Å². The largest absolute Gasteiger partial charge is 0.465 e. The van der Waals surface area contributed by atoms with Gasteiger partial charge < -0.3 is 24.1 Å². The monoisotopic (exact) mass is 600 g/mol. The summed E-state index contributed by atoms with van der Waals surface area (Å²) in [5, 5.41) is 1.69. The number of aromatic nitrogens is 2. The molecule has 224 valence electrons. The molecule has 4 aromatic rings. The summed E-state index contributed by atoms with van der Waals surface area (Å²) in [6, 6.07) is 17.7. The lowest BCUT2D eigenvalue weighted by Crippen LogP contribution is -2.47. The van der Waals surface area contributed by atoms with Crippen LogP contribution in [-0.4, -0.2) is 73.4 Å². The molecule has 0 radical (unpaired) electrons. The number of nitrogens with zero attached hydrogens (tertiary/aromatic N) is 3. The second-order valence-corrected chi connectivity index (χ2v) is 12.0. The van der Waals surface area contributed by atoms with Gasteiger partial charge in [0, 0.05) is 68.2 Å². The Bertz CT molecular complexity index is 1640. The third kappa shape index (κ3) is 6.42. The molecule has 6 rings (SSSR count). The van der Waals surface area contributed by atoms with E-state index in [1.54, 1.807) is 12.3 Å². The van der Waals surface area contributed by atoms with Crippen molar-refractivity contribution in [3.63, 3.8) is 0 Å². The van der Waals surface area contributed by atoms with E-state index in [0.29, 0.717) is 17.1 Å². The molecule has 0 saturated carbocycles. The van der Waals surface area contributed by atoms with Gasteiger partial charge in [0.1, 0.15) is 22.7 Å². The number of methoxy groups -OCH3 is 2. The van der Waals surface area contributed by atoms with Gasteiger partial charge in [-0.05, 0) is 79.3 Å². The highest BCUT2D eigenvalue weighted by Gasteiger charge is 2.33. The number of benzene rings is 2. The number of carbonyl (C=O) groups excluding carboxylic acids is 1. The second-order valence-electron chi connectivity index (χ2n) is 11.5. The summed E-state index contributed by atoms with van der Waals surface area (Å²) in [4.78, 5) is 24.9. The minimum absolute atomic E-state index is 0.147. The normalized spacial score (nSPS) is 19.6. The van der Waals surface area contributed by atoms with E-state index in [0.717, 1.165) is 73.7 Å². The minimum atomic E-state index is -0.442. The van der Waals surface area contributed by atoms with Gasteiger partial charge in [0.15, 0.2) is 0 Å². The lowest BCUT2D eigenvalue weighted by molar-refractivity contribution is -0.00391. The number of hydrogen-bond donors (Lipinski definition) is 1. The molecule has 3 heterocycles. The number of fused-ring (bicyclic) bond motifs is 1. The maximum Gasteiger partial charge on any atom is 0.341 e. The molecule has 8 nitrogen and oxygen atoms in total. The Hall–Kier alpha value is -3.85. The number of hydrogen-bond acceptors (Lipinski definition) is 7. The van der Waals surface area contributed by atoms with Crippen LogP contribution in [0.15, 0.2) is 72.6 Å². The quantitative estimate of drug-likeness (QED) is 0.219. The fraction of sp³-hybridized carbons (Fsp3) is 0.353. The van der Waals surface area contributed by atoms with Crippen LogP contribution in [0.5, 0.6) is 11.5 Å². The Morgan fingerprint density at radius 2 is 1.84 bits per heavy atom. The average molecular weight is 601 g/mol. The molecule has 1 aliphatic carbocycles. The van der Waals surface area contributed by atoms with E-state index < -0.39 is 5.97 Å². The Balaban J connectivity index is 1.18. The first-order valence-electron chi connectivity index (χ1n) is 14.7. The average Bonchev–Trinajstić information content (AvgIpc) is 3.50. The number of piperazine rings is 1. The third-order valence-corrected chi connectivity index (χ3v) is 8.98. The van der Waals surface area contributed by atoms with Crippen LogP contribution in [-0.2, 0) is 9.47 Å². The SMILES string of the molecule is COC(=O)c1ccc(N2CCN(CC3=C(c4ccc(Cl)cc4)CCC(C)(OC)C3)CC2)cc1Oc1cnc2[nH]ccc2c1. The number of H-pyrrole nitrogens is 1. The molecule has 0 spiro atoms. The summed E-state index contributed by atoms with van der Waals surface area (Å²) in [7, 11) is 3.20. The standard InChI is InChI=1S/C34H37ClN4O4/c1-34(42-3)12-10-29(23-4-6-26(35)7-5-23)25(20-34)22-38-14-16-39(17-15-38)27-8-9-30(33(40)41-2)31(19-27)43-28-18-24-11-13-36-32(24)37-21-28/h4-9,11,13,18-19,21H,10,12,14-17,20,22H2,1-3H3,(H,36,37). The number of carbonyl (C=O) groups is 1. The van der Waals surface area contributed by atoms with Gasteiger partial charge in [0.25, 0.3) is 0 Å². The van der Waals surface area contributed by atoms with Gasteiger partial charge in [-0.25, -0.2) is 9.78 Å². The maximum absolute atomic E-state index is 12.6. The number of halogens is 1. The van der Waals surface area contributed by atoms with Crippen molar-refractivity contribution in [3.05, 3.63) is 88.7 Å². The summed E-state index contributed by atoms with van der Waals surface area (Å²) in [5.41, 5.74) is 6.12. The minimum Gasteiger partial charge on any atom is -0.465 e. The number of rotatable bonds is 8. The van der Waals surface area contributed by atoms with Gasteiger partial charge in [0.05, 0.1) is 18.9 Å². The Kier molecular flexibility index (Phi) is 8.43. The molecule has 1 fully saturated rings. The topological polar surface area (TPSA) is 79.9 Å². The predicted molar refractivity (Wildman–Crippen MR) is 170 cm³/mol. The zero-order valence-corrected chi connectivity index (χ0v) is 25.6. The van der Waals surface area contributed by atoms with Crippen molar-refractivity contribution in [1.82, 2.24) is 14.9 Å². The van der Waals surface area contributed by atoms with Crippen molar-refractivity contribution >= 4 is 39.9 Å². The Morgan fingerprint density at radius 3 is 2.58 bits per heavy atom. The highest BCUT2D eigenvalue weighted by Crippen LogP contribution is 2.40. The van der Waals surface area contributed by atoms with Crippen LogP contribution in [0.25, 0.3) is 16.6 Å². The van der Waals surface area contributed by atoms with E-state index in [1.807, 2.05) is 49.7 Å². The molecule has 43 heavy (non-hydrogen) atoms. The molecule has 9 heteroatoms. The summed E-state index contributed by atoms with van der Waals surface area (Å²) in [6.45, 7) is 6.69. The predicted octanol–water partition coefficient (Wildman–Crippen LogP) is 6.96. The van der Waals surface area contributed by atoms with Crippen LogP contribution in [0, 0.1) is 0 Å². The van der Waals surface area contributed by atoms with E-state index in [9.17, 15) is 4.79 Å². The van der Waals surface area contributed by atoms with Crippen molar-refractivity contribution in [3.8, 4) is 11.5 Å². The second kappa shape index (κ2) is 12.4. The fourth-order valence-electron chi connectivity index (χ4n) is 6.15. The molecule has 0 amide bonds. The number of anilines is 1. The van der Waals surface area contributed by atoms with Gasteiger partial charge in [-0.2, -0.15) is 0 Å². The summed E-state index contributed by atoms with van der Waals surface area (Å²) >= 11 is 6.19. The van der Waals surface area contributed by atoms with Crippen molar-refractivity contribution in [2.45, 2.75) is 31.8 Å². The highest BCUT2D eigenvalue weighted by molar-refractivity contribution is 6.30. The zero-order chi connectivity index (χ0) is 30.0. The van der Waals surface area contributed by atoms with E-state index >= 15 is 0 Å². The van der Waals surface area contributed by atoms with Crippen LogP contribution in [0.4, 0.5) is 5.69 Å². The van der Waals surface area contributed by atoms with Gasteiger partial charge in [0.2, 0.25) is 0 Å². The van der Waals surface area contributed by atoms with Crippen molar-refractivity contribution < 1.29 is 19.0 Å². The number of allylic oxidation sites excluding steroid dienone is 1. The van der Waals surface area contributed by atoms with Crippen molar-refractivity contribution in [2.75, 3.05) is 51.8 Å². The first kappa shape index (κ1) is 29.2. The Morgan fingerprint density at radius 1 is 1.05 bits per heavy atom. The molecule has 1 aliphatic heterocycles. The van der Waals surface area contributed by atoms with Gasteiger partial charge in [-0.3, -0.25) is 4.90 Å². The summed E-state index contributed by atoms with van der Waals surface area (Å²) < 4.78 is 17.2. The number of ether oxygens (including phenoxy) is 3. The van der Waals surface area contributed by atoms with E-state index in [1.165, 1.54) is 23.8 Å². The van der Waals surface area contributed by atoms with Gasteiger partial charge >= 0.3 is 5.97 Å². The molecule has 1 atom stereocenters.